The van der Waals surface area contributed by atoms with Crippen LogP contribution in [0.5, 0.6) is 0 Å². The number of carbonyl (C=O) groups is 1. The largest absolute Gasteiger partial charge is 0.459 e. The van der Waals surface area contributed by atoms with Crippen LogP contribution < -0.4 is 0 Å². The fourth-order valence-electron chi connectivity index (χ4n) is 1.38. The van der Waals surface area contributed by atoms with Gasteiger partial charge in [0.05, 0.1) is 5.75 Å². The van der Waals surface area contributed by atoms with E-state index in [4.69, 9.17) is 4.74 Å². The molecule has 0 saturated carbocycles. The highest BCUT2D eigenvalue weighted by molar-refractivity contribution is 7.99. The molecule has 0 spiro atoms. The highest BCUT2D eigenvalue weighted by Crippen LogP contribution is 2.13. The lowest BCUT2D eigenvalue weighted by molar-refractivity contribution is -0.151. The lowest BCUT2D eigenvalue weighted by Crippen LogP contribution is -2.25. The van der Waals surface area contributed by atoms with E-state index in [0.717, 1.165) is 25.0 Å². The van der Waals surface area contributed by atoms with Crippen molar-refractivity contribution in [1.29, 1.82) is 0 Å². The fourth-order valence-corrected chi connectivity index (χ4v) is 2.16. The first-order valence-electron chi connectivity index (χ1n) is 6.39. The van der Waals surface area contributed by atoms with Gasteiger partial charge < -0.3 is 4.74 Å². The third-order valence-electron chi connectivity index (χ3n) is 2.10. The number of esters is 1. The van der Waals surface area contributed by atoms with E-state index in [9.17, 15) is 13.6 Å². The number of halogens is 2. The van der Waals surface area contributed by atoms with Crippen LogP contribution in [0.1, 0.15) is 52.9 Å². The van der Waals surface area contributed by atoms with E-state index in [1.165, 1.54) is 0 Å². The summed E-state index contributed by atoms with van der Waals surface area (Å²) in [5.74, 6) is 1.06. The van der Waals surface area contributed by atoms with Gasteiger partial charge in [0.25, 0.3) is 0 Å². The molecule has 0 saturated heterocycles. The maximum Gasteiger partial charge on any atom is 0.316 e. The van der Waals surface area contributed by atoms with Crippen molar-refractivity contribution in [1.82, 2.24) is 0 Å². The van der Waals surface area contributed by atoms with Gasteiger partial charge in [-0.1, -0.05) is 12.8 Å². The van der Waals surface area contributed by atoms with E-state index in [0.29, 0.717) is 12.2 Å². The van der Waals surface area contributed by atoms with Gasteiger partial charge in [-0.25, -0.2) is 8.78 Å². The Morgan fingerprint density at radius 3 is 2.33 bits per heavy atom. The van der Waals surface area contributed by atoms with Gasteiger partial charge in [0.2, 0.25) is 6.43 Å². The second-order valence-corrected chi connectivity index (χ2v) is 6.34. The van der Waals surface area contributed by atoms with Gasteiger partial charge in [-0.2, -0.15) is 11.8 Å². The summed E-state index contributed by atoms with van der Waals surface area (Å²) >= 11 is 1.54. The zero-order valence-electron chi connectivity index (χ0n) is 11.5. The molecule has 2 nitrogen and oxygen atoms in total. The molecule has 0 heterocycles. The molecule has 0 aliphatic carbocycles. The smallest absolute Gasteiger partial charge is 0.316 e. The standard InChI is InChI=1S/C13H24F2O2S/c1-13(2,3)17-12(16)10-18-9-7-5-4-6-8-11(14)15/h11H,4-10H2,1-3H3. The molecule has 0 aromatic heterocycles. The van der Waals surface area contributed by atoms with Crippen molar-refractivity contribution in [2.45, 2.75) is 64.9 Å². The molecule has 5 heteroatoms. The molecule has 0 aromatic rings. The Kier molecular flexibility index (Phi) is 9.42. The van der Waals surface area contributed by atoms with Crippen molar-refractivity contribution in [3.63, 3.8) is 0 Å². The zero-order chi connectivity index (χ0) is 14.0. The van der Waals surface area contributed by atoms with Crippen LogP contribution in [0.3, 0.4) is 0 Å². The third kappa shape index (κ3) is 13.7. The average Bonchev–Trinajstić information content (AvgIpc) is 2.18. The molecular weight excluding hydrogens is 258 g/mol. The van der Waals surface area contributed by atoms with Gasteiger partial charge in [0.1, 0.15) is 5.60 Å². The number of ether oxygens (including phenoxy) is 1. The predicted octanol–water partition coefficient (Wildman–Crippen LogP) is 4.28. The maximum absolute atomic E-state index is 11.8. The summed E-state index contributed by atoms with van der Waals surface area (Å²) in [6.07, 6.45) is 1.19. The third-order valence-corrected chi connectivity index (χ3v) is 3.12. The summed E-state index contributed by atoms with van der Waals surface area (Å²) in [5, 5.41) is 0. The van der Waals surface area contributed by atoms with Gasteiger partial charge in [-0.3, -0.25) is 4.79 Å². The molecule has 0 atom stereocenters. The van der Waals surface area contributed by atoms with Gasteiger partial charge >= 0.3 is 5.97 Å². The molecule has 0 unspecified atom stereocenters. The van der Waals surface area contributed by atoms with Crippen LogP contribution >= 0.6 is 11.8 Å². The lowest BCUT2D eigenvalue weighted by atomic mass is 10.2. The monoisotopic (exact) mass is 282 g/mol. The van der Waals surface area contributed by atoms with Gasteiger partial charge in [-0.15, -0.1) is 0 Å². The average molecular weight is 282 g/mol. The van der Waals surface area contributed by atoms with Crippen molar-refractivity contribution in [3.8, 4) is 0 Å². The van der Waals surface area contributed by atoms with E-state index in [1.54, 1.807) is 11.8 Å². The quantitative estimate of drug-likeness (QED) is 0.466. The Hall–Kier alpha value is -0.320. The number of rotatable bonds is 9. The number of hydrogen-bond acceptors (Lipinski definition) is 3. The number of alkyl halides is 2. The van der Waals surface area contributed by atoms with Crippen LogP contribution in [0.15, 0.2) is 0 Å². The van der Waals surface area contributed by atoms with Crippen LogP contribution in [-0.4, -0.2) is 29.5 Å². The van der Waals surface area contributed by atoms with E-state index < -0.39 is 12.0 Å². The van der Waals surface area contributed by atoms with Crippen molar-refractivity contribution in [2.24, 2.45) is 0 Å². The Morgan fingerprint density at radius 1 is 1.17 bits per heavy atom. The van der Waals surface area contributed by atoms with E-state index in [1.807, 2.05) is 20.8 Å². The first-order chi connectivity index (χ1) is 8.31. The Balaban J connectivity index is 3.28. The second kappa shape index (κ2) is 9.59. The topological polar surface area (TPSA) is 26.3 Å². The molecule has 0 aliphatic heterocycles. The van der Waals surface area contributed by atoms with Crippen molar-refractivity contribution in [3.05, 3.63) is 0 Å². The number of thioether (sulfide) groups is 1. The predicted molar refractivity (Wildman–Crippen MR) is 72.3 cm³/mol. The highest BCUT2D eigenvalue weighted by Gasteiger charge is 2.15. The van der Waals surface area contributed by atoms with Gasteiger partial charge in [0, 0.05) is 6.42 Å². The minimum Gasteiger partial charge on any atom is -0.459 e. The highest BCUT2D eigenvalue weighted by atomic mass is 32.2. The molecule has 0 bridgehead atoms. The maximum atomic E-state index is 11.8. The van der Waals surface area contributed by atoms with Crippen molar-refractivity contribution in [2.75, 3.05) is 11.5 Å². The first kappa shape index (κ1) is 17.7. The minimum atomic E-state index is -2.17. The summed E-state index contributed by atoms with van der Waals surface area (Å²) in [4.78, 5) is 11.3. The summed E-state index contributed by atoms with van der Waals surface area (Å²) in [5.41, 5.74) is -0.424. The molecule has 0 fully saturated rings. The molecule has 0 amide bonds. The molecule has 0 aliphatic rings. The lowest BCUT2D eigenvalue weighted by Gasteiger charge is -2.19. The normalized spacial score (nSPS) is 11.9. The molecular formula is C13H24F2O2S. The van der Waals surface area contributed by atoms with Crippen molar-refractivity contribution >= 4 is 17.7 Å². The minimum absolute atomic E-state index is 0.00501. The van der Waals surface area contributed by atoms with Crippen LogP contribution in [0, 0.1) is 0 Å². The van der Waals surface area contributed by atoms with Crippen molar-refractivity contribution < 1.29 is 18.3 Å². The first-order valence-corrected chi connectivity index (χ1v) is 7.54. The Labute approximate surface area is 113 Å². The summed E-state index contributed by atoms with van der Waals surface area (Å²) in [7, 11) is 0. The summed E-state index contributed by atoms with van der Waals surface area (Å²) in [6.45, 7) is 5.54. The zero-order valence-corrected chi connectivity index (χ0v) is 12.3. The van der Waals surface area contributed by atoms with E-state index in [2.05, 4.69) is 0 Å². The van der Waals surface area contributed by atoms with Crippen LogP contribution in [0.25, 0.3) is 0 Å². The Bertz CT molecular complexity index is 228. The fraction of sp³-hybridized carbons (Fsp3) is 0.923. The second-order valence-electron chi connectivity index (χ2n) is 5.23. The molecule has 18 heavy (non-hydrogen) atoms. The summed E-state index contributed by atoms with van der Waals surface area (Å²) in [6, 6.07) is 0. The number of carbonyl (C=O) groups excluding carboxylic acids is 1. The number of hydrogen-bond donors (Lipinski definition) is 0. The summed E-state index contributed by atoms with van der Waals surface area (Å²) < 4.78 is 28.8. The van der Waals surface area contributed by atoms with Gasteiger partial charge in [0.15, 0.2) is 0 Å². The Morgan fingerprint density at radius 2 is 1.78 bits per heavy atom. The molecule has 108 valence electrons. The molecule has 0 radical (unpaired) electrons. The van der Waals surface area contributed by atoms with E-state index in [-0.39, 0.29) is 12.4 Å². The van der Waals surface area contributed by atoms with Crippen LogP contribution in [0.2, 0.25) is 0 Å². The van der Waals surface area contributed by atoms with Crippen LogP contribution in [0.4, 0.5) is 8.78 Å². The van der Waals surface area contributed by atoms with E-state index >= 15 is 0 Å². The van der Waals surface area contributed by atoms with Crippen LogP contribution in [-0.2, 0) is 9.53 Å². The van der Waals surface area contributed by atoms with Gasteiger partial charge in [-0.05, 0) is 39.4 Å². The molecule has 0 N–H and O–H groups in total. The molecule has 0 rings (SSSR count). The molecule has 0 aromatic carbocycles. The SMILES string of the molecule is CC(C)(C)OC(=O)CSCCCCCCC(F)F. The number of unbranched alkanes of at least 4 members (excludes halogenated alkanes) is 3.